The number of benzene rings is 3. The number of amides is 1. The van der Waals surface area contributed by atoms with Crippen molar-refractivity contribution >= 4 is 35.0 Å². The number of phenolic OH excluding ortho intramolecular Hbond substituents is 2. The van der Waals surface area contributed by atoms with E-state index in [1.54, 1.807) is 0 Å². The van der Waals surface area contributed by atoms with E-state index in [0.717, 1.165) is 6.92 Å². The van der Waals surface area contributed by atoms with Crippen LogP contribution >= 0.6 is 11.6 Å². The highest BCUT2D eigenvalue weighted by Gasteiger charge is 2.50. The fourth-order valence-electron chi connectivity index (χ4n) is 8.44. The first-order chi connectivity index (χ1) is 28.4. The molecule has 18 nitrogen and oxygen atoms in total. The smallest absolute Gasteiger partial charge is 0.407 e. The molecule has 1 amide bonds. The summed E-state index contributed by atoms with van der Waals surface area (Å²) in [5.74, 6) is -3.76. The molecule has 3 aromatic carbocycles. The van der Waals surface area contributed by atoms with Gasteiger partial charge in [-0.2, -0.15) is 0 Å². The standard InChI is InChI=1S/C41H44ClNO17/c1-15-31(46)22(43-40(54)57-14-17-9-18(42)7-8-19(17)39-38(53)37(52)34(49)25(13-44)60-39)10-26(58-15)59-24-12-41(55,16(2)45)11-21-28(24)36(51)30-29(33(21)48)32(47)20-5-4-6-23(56-3)27(20)35(30)50/h4-9,15,22,24-26,31,34,37-39,44,46,48-49,51-53,55H,10-14H2,1-3H3,(H,43,54)/t15?,22?,24-,25+,26?,31?,34-,37-,38+,39-,41-/m0/s1. The number of ketones is 3. The summed E-state index contributed by atoms with van der Waals surface area (Å²) in [6, 6.07) is 7.54. The number of halogens is 1. The van der Waals surface area contributed by atoms with Crippen LogP contribution in [0, 0.1) is 0 Å². The Morgan fingerprint density at radius 3 is 2.35 bits per heavy atom. The van der Waals surface area contributed by atoms with Crippen molar-refractivity contribution in [2.24, 2.45) is 0 Å². The quantitative estimate of drug-likeness (QED) is 0.107. The lowest BCUT2D eigenvalue weighted by Crippen LogP contribution is -2.56. The third-order valence-corrected chi connectivity index (χ3v) is 12.0. The average molecular weight is 858 g/mol. The van der Waals surface area contributed by atoms with Crippen LogP contribution in [0.2, 0.25) is 5.02 Å². The number of phenols is 2. The van der Waals surface area contributed by atoms with Crippen molar-refractivity contribution in [1.29, 1.82) is 0 Å². The monoisotopic (exact) mass is 857 g/mol. The minimum atomic E-state index is -2.17. The van der Waals surface area contributed by atoms with Gasteiger partial charge in [0, 0.05) is 41.0 Å². The number of carbonyl (C=O) groups excluding carboxylic acids is 4. The van der Waals surface area contributed by atoms with Crippen LogP contribution in [0.25, 0.3) is 0 Å². The Morgan fingerprint density at radius 1 is 0.950 bits per heavy atom. The number of aliphatic hydroxyl groups excluding tert-OH is 5. The van der Waals surface area contributed by atoms with Crippen LogP contribution in [0.5, 0.6) is 17.2 Å². The SMILES string of the molecule is COc1cccc2c1C(=O)c1c(O)c3c(c(O)c1C2=O)C[C@@](O)(C(C)=O)C[C@@H]3OC1CC(NC(=O)OCc2cc(Cl)ccc2[C@@H]2O[C@H](CO)[C@H](O)[C@H](O)[C@H]2O)C(O)C(C)O1. The molecule has 322 valence electrons. The molecule has 2 saturated heterocycles. The van der Waals surface area contributed by atoms with E-state index in [1.807, 2.05) is 0 Å². The van der Waals surface area contributed by atoms with Crippen LogP contribution < -0.4 is 10.1 Å². The fourth-order valence-corrected chi connectivity index (χ4v) is 8.63. The zero-order chi connectivity index (χ0) is 43.5. The van der Waals surface area contributed by atoms with E-state index in [1.165, 1.54) is 50.4 Å². The van der Waals surface area contributed by atoms with Gasteiger partial charge in [0.05, 0.1) is 48.7 Å². The molecule has 7 rings (SSSR count). The second kappa shape index (κ2) is 16.6. The number of fused-ring (bicyclic) bond motifs is 3. The van der Waals surface area contributed by atoms with Crippen LogP contribution in [-0.4, -0.2) is 133 Å². The molecule has 0 radical (unpaired) electrons. The van der Waals surface area contributed by atoms with Crippen LogP contribution in [0.15, 0.2) is 36.4 Å². The Labute approximate surface area is 346 Å². The number of methoxy groups -OCH3 is 1. The van der Waals surface area contributed by atoms with Gasteiger partial charge in [0.25, 0.3) is 0 Å². The summed E-state index contributed by atoms with van der Waals surface area (Å²) in [6.07, 6.45) is -14.8. The number of carbonyl (C=O) groups is 4. The van der Waals surface area contributed by atoms with Gasteiger partial charge >= 0.3 is 6.09 Å². The summed E-state index contributed by atoms with van der Waals surface area (Å²) in [5.41, 5.74) is -3.36. The highest BCUT2D eigenvalue weighted by atomic mass is 35.5. The Bertz CT molecular complexity index is 2230. The molecule has 19 heteroatoms. The summed E-state index contributed by atoms with van der Waals surface area (Å²) in [4.78, 5) is 53.9. The van der Waals surface area contributed by atoms with Crippen molar-refractivity contribution in [2.75, 3.05) is 13.7 Å². The van der Waals surface area contributed by atoms with Crippen LogP contribution in [0.3, 0.4) is 0 Å². The number of Topliss-reactive ketones (excluding diaryl/α,β-unsaturated/α-hetero) is 1. The summed E-state index contributed by atoms with van der Waals surface area (Å²) in [6.45, 7) is 1.47. The molecule has 2 heterocycles. The van der Waals surface area contributed by atoms with Gasteiger partial charge in [0.15, 0.2) is 17.9 Å². The summed E-state index contributed by atoms with van der Waals surface area (Å²) < 4.78 is 28.6. The predicted octanol–water partition coefficient (Wildman–Crippen LogP) is 1.16. The Kier molecular flexibility index (Phi) is 12.0. The van der Waals surface area contributed by atoms with Gasteiger partial charge in [-0.15, -0.1) is 0 Å². The molecule has 0 aromatic heterocycles. The van der Waals surface area contributed by atoms with Crippen LogP contribution in [0.1, 0.15) is 93.0 Å². The average Bonchev–Trinajstić information content (AvgIpc) is 3.21. The van der Waals surface area contributed by atoms with E-state index in [4.69, 9.17) is 35.3 Å². The topological polar surface area (TPSA) is 288 Å². The van der Waals surface area contributed by atoms with E-state index in [-0.39, 0.29) is 50.6 Å². The summed E-state index contributed by atoms with van der Waals surface area (Å²) in [5, 5.41) is 89.8. The van der Waals surface area contributed by atoms with Gasteiger partial charge < -0.3 is 69.9 Å². The number of ether oxygens (including phenoxy) is 5. The van der Waals surface area contributed by atoms with Gasteiger partial charge in [-0.05, 0) is 43.2 Å². The third kappa shape index (κ3) is 7.50. The van der Waals surface area contributed by atoms with Crippen LogP contribution in [-0.2, 0) is 36.8 Å². The molecule has 2 aliphatic carbocycles. The molecule has 2 aliphatic heterocycles. The predicted molar refractivity (Wildman–Crippen MR) is 204 cm³/mol. The summed E-state index contributed by atoms with van der Waals surface area (Å²) in [7, 11) is 1.30. The van der Waals surface area contributed by atoms with Gasteiger partial charge in [0.2, 0.25) is 5.78 Å². The second-order valence-corrected chi connectivity index (χ2v) is 15.8. The Hall–Kier alpha value is -4.73. The number of aliphatic hydroxyl groups is 6. The molecule has 4 unspecified atom stereocenters. The lowest BCUT2D eigenvalue weighted by Gasteiger charge is -2.42. The van der Waals surface area contributed by atoms with E-state index in [9.17, 15) is 60.0 Å². The van der Waals surface area contributed by atoms with Gasteiger partial charge in [-0.3, -0.25) is 14.4 Å². The number of hydrogen-bond donors (Lipinski definition) is 9. The molecule has 9 N–H and O–H groups in total. The van der Waals surface area contributed by atoms with Gasteiger partial charge in [-0.25, -0.2) is 4.79 Å². The zero-order valence-corrected chi connectivity index (χ0v) is 33.2. The maximum absolute atomic E-state index is 14.0. The van der Waals surface area contributed by atoms with E-state index in [2.05, 4.69) is 5.32 Å². The van der Waals surface area contributed by atoms with Crippen molar-refractivity contribution in [1.82, 2.24) is 5.32 Å². The Balaban J connectivity index is 1.13. The molecule has 60 heavy (non-hydrogen) atoms. The molecule has 0 bridgehead atoms. The number of hydrogen-bond acceptors (Lipinski definition) is 17. The first-order valence-corrected chi connectivity index (χ1v) is 19.4. The molecular weight excluding hydrogens is 814 g/mol. The van der Waals surface area contributed by atoms with E-state index in [0.29, 0.717) is 0 Å². The first kappa shape index (κ1) is 43.4. The second-order valence-electron chi connectivity index (χ2n) is 15.4. The number of alkyl carbamates (subject to hydrolysis) is 1. The number of aromatic hydroxyl groups is 2. The van der Waals surface area contributed by atoms with Crippen LogP contribution in [0.4, 0.5) is 4.79 Å². The molecule has 11 atom stereocenters. The van der Waals surface area contributed by atoms with Crippen molar-refractivity contribution in [3.05, 3.63) is 85.9 Å². The highest BCUT2D eigenvalue weighted by molar-refractivity contribution is 6.31. The minimum Gasteiger partial charge on any atom is -0.507 e. The third-order valence-electron chi connectivity index (χ3n) is 11.7. The largest absolute Gasteiger partial charge is 0.507 e. The van der Waals surface area contributed by atoms with Crippen molar-refractivity contribution < 1.29 is 83.7 Å². The fraction of sp³-hybridized carbons (Fsp3) is 0.463. The lowest BCUT2D eigenvalue weighted by atomic mass is 9.72. The molecule has 0 spiro atoms. The molecule has 0 saturated carbocycles. The van der Waals surface area contributed by atoms with Crippen molar-refractivity contribution in [3.63, 3.8) is 0 Å². The maximum Gasteiger partial charge on any atom is 0.407 e. The summed E-state index contributed by atoms with van der Waals surface area (Å²) >= 11 is 6.22. The molecule has 2 fully saturated rings. The molecule has 4 aliphatic rings. The van der Waals surface area contributed by atoms with E-state index >= 15 is 0 Å². The minimum absolute atomic E-state index is 0.0499. The van der Waals surface area contributed by atoms with E-state index < -0.39 is 139 Å². The Morgan fingerprint density at radius 2 is 1.67 bits per heavy atom. The number of nitrogens with one attached hydrogen (secondary N) is 1. The highest BCUT2D eigenvalue weighted by Crippen LogP contribution is 2.52. The molecular formula is C41H44ClNO17. The van der Waals surface area contributed by atoms with Crippen molar-refractivity contribution in [2.45, 2.75) is 106 Å². The van der Waals surface area contributed by atoms with Gasteiger partial charge in [0.1, 0.15) is 66.1 Å². The molecule has 3 aromatic rings. The number of rotatable bonds is 9. The lowest BCUT2D eigenvalue weighted by molar-refractivity contribution is -0.249. The zero-order valence-electron chi connectivity index (χ0n) is 32.4. The maximum atomic E-state index is 14.0. The normalized spacial score (nSPS) is 31.1. The van der Waals surface area contributed by atoms with Gasteiger partial charge in [-0.1, -0.05) is 29.8 Å². The van der Waals surface area contributed by atoms with Crippen molar-refractivity contribution in [3.8, 4) is 17.2 Å². The first-order valence-electron chi connectivity index (χ1n) is 19.0.